The van der Waals surface area contributed by atoms with Crippen molar-refractivity contribution in [3.63, 3.8) is 0 Å². The highest BCUT2D eigenvalue weighted by Gasteiger charge is 2.63. The molecule has 6 aromatic carbocycles. The second-order valence-electron chi connectivity index (χ2n) is 29.0. The van der Waals surface area contributed by atoms with Crippen molar-refractivity contribution in [2.75, 3.05) is 14.7 Å². The van der Waals surface area contributed by atoms with Crippen LogP contribution in [0.4, 0.5) is 39.8 Å². The summed E-state index contributed by atoms with van der Waals surface area (Å²) in [6, 6.07) is 38.0. The third-order valence-corrected chi connectivity index (χ3v) is 21.4. The predicted octanol–water partition coefficient (Wildman–Crippen LogP) is 16.6. The van der Waals surface area contributed by atoms with E-state index in [4.69, 9.17) is 0 Å². The van der Waals surface area contributed by atoms with Crippen molar-refractivity contribution in [1.29, 1.82) is 0 Å². The SMILES string of the molecule is Cc1cc(C(C)(C)C)cc(C)c1N1c2cc(N3c4ccc(C(C)(C)C)cc4C4(C)CCCCC34C)cc3c2B(c2cc(C(C)(C)C)cc4c2N3C2(C)CCCCC42C)c2c1ccc1c2-c2ccccc2C1(C)C. The van der Waals surface area contributed by atoms with E-state index in [1.807, 2.05) is 0 Å². The van der Waals surface area contributed by atoms with Gasteiger partial charge in [-0.25, -0.2) is 0 Å². The molecule has 0 aromatic heterocycles. The van der Waals surface area contributed by atoms with Gasteiger partial charge in [-0.3, -0.25) is 0 Å². The predicted molar refractivity (Wildman–Crippen MR) is 315 cm³/mol. The Hall–Kier alpha value is -5.22. The van der Waals surface area contributed by atoms with Crippen LogP contribution in [0, 0.1) is 13.8 Å². The van der Waals surface area contributed by atoms with Gasteiger partial charge in [-0.15, -0.1) is 0 Å². The summed E-state index contributed by atoms with van der Waals surface area (Å²) in [7, 11) is 0. The zero-order valence-electron chi connectivity index (χ0n) is 47.7. The summed E-state index contributed by atoms with van der Waals surface area (Å²) in [5.74, 6) is 0. The second-order valence-corrected chi connectivity index (χ2v) is 29.0. The molecule has 4 atom stereocenters. The zero-order chi connectivity index (χ0) is 51.7. The molecule has 4 heteroatoms. The first-order valence-corrected chi connectivity index (χ1v) is 28.5. The minimum atomic E-state index is -0.136. The van der Waals surface area contributed by atoms with Crippen LogP contribution in [0.1, 0.15) is 205 Å². The van der Waals surface area contributed by atoms with Crippen molar-refractivity contribution in [1.82, 2.24) is 0 Å². The van der Waals surface area contributed by atoms with Crippen LogP contribution >= 0.6 is 0 Å². The summed E-state index contributed by atoms with van der Waals surface area (Å²) in [5.41, 5.74) is 29.8. The molecular weight excluding hydrogens is 882 g/mol. The maximum Gasteiger partial charge on any atom is 0.252 e. The summed E-state index contributed by atoms with van der Waals surface area (Å²) in [4.78, 5) is 8.70. The average molecular weight is 964 g/mol. The summed E-state index contributed by atoms with van der Waals surface area (Å²) < 4.78 is 0. The Bertz CT molecular complexity index is 3380. The van der Waals surface area contributed by atoms with Crippen LogP contribution in [-0.2, 0) is 32.5 Å². The van der Waals surface area contributed by atoms with Gasteiger partial charge in [0, 0.05) is 50.4 Å². The fourth-order valence-corrected chi connectivity index (χ4v) is 16.8. The first-order chi connectivity index (χ1) is 34.2. The van der Waals surface area contributed by atoms with E-state index < -0.39 is 0 Å². The van der Waals surface area contributed by atoms with Crippen LogP contribution in [0.5, 0.6) is 0 Å². The van der Waals surface area contributed by atoms with Gasteiger partial charge in [0.15, 0.2) is 0 Å². The molecule has 3 aliphatic carbocycles. The molecule has 0 saturated heterocycles. The van der Waals surface area contributed by atoms with Crippen LogP contribution in [-0.4, -0.2) is 17.8 Å². The Kier molecular flexibility index (Phi) is 9.49. The Labute approximate surface area is 440 Å². The topological polar surface area (TPSA) is 9.72 Å². The number of rotatable bonds is 2. The van der Waals surface area contributed by atoms with Crippen LogP contribution in [0.2, 0.25) is 0 Å². The highest BCUT2D eigenvalue weighted by molar-refractivity contribution is 7.01. The van der Waals surface area contributed by atoms with E-state index in [0.717, 1.165) is 0 Å². The molecule has 0 bridgehead atoms. The molecule has 7 aliphatic rings. The normalized spacial score (nSPS) is 25.9. The molecule has 13 rings (SSSR count). The van der Waals surface area contributed by atoms with E-state index >= 15 is 0 Å². The van der Waals surface area contributed by atoms with Crippen LogP contribution in [0.15, 0.2) is 91.0 Å². The second kappa shape index (κ2) is 14.6. The Morgan fingerprint density at radius 3 is 1.64 bits per heavy atom. The van der Waals surface area contributed by atoms with E-state index in [1.165, 1.54) is 158 Å². The molecule has 2 fully saturated rings. The van der Waals surface area contributed by atoms with Crippen molar-refractivity contribution in [3.05, 3.63) is 141 Å². The molecule has 73 heavy (non-hydrogen) atoms. The van der Waals surface area contributed by atoms with Gasteiger partial charge in [0.25, 0.3) is 6.71 Å². The average Bonchev–Trinajstić information content (AvgIpc) is 3.78. The largest absolute Gasteiger partial charge is 0.335 e. The number of benzene rings is 6. The van der Waals surface area contributed by atoms with Crippen LogP contribution in [0.25, 0.3) is 11.1 Å². The maximum absolute atomic E-state index is 3.00. The van der Waals surface area contributed by atoms with Crippen molar-refractivity contribution in [3.8, 4) is 11.1 Å². The third-order valence-electron chi connectivity index (χ3n) is 21.4. The van der Waals surface area contributed by atoms with Crippen molar-refractivity contribution in [2.45, 2.75) is 213 Å². The standard InChI is InChI=1S/C69H82BN3/c1-41-34-44(63(6,7)8)35-42(2)60(41)71-54-29-27-49-57(47-24-18-19-25-48(47)65(49,12)13)59(54)70-52-38-45(64(9,10)11)37-51-61(52)73(69(17)33-23-21-31-67(51,69)15)56-40-46(39-55(71)58(56)70)72-53-28-26-43(62(3,4)5)36-50(53)66(14)30-20-22-32-68(66,72)16/h18-19,24-29,34-40H,20-23,30-33H2,1-17H3. The fraction of sp³-hybridized carbons (Fsp3) is 0.478. The summed E-state index contributed by atoms with van der Waals surface area (Å²) in [6.07, 6.45) is 9.80. The van der Waals surface area contributed by atoms with Crippen LogP contribution in [0.3, 0.4) is 0 Å². The van der Waals surface area contributed by atoms with Gasteiger partial charge >= 0.3 is 0 Å². The molecule has 4 unspecified atom stereocenters. The van der Waals surface area contributed by atoms with E-state index in [-0.39, 0.29) is 50.3 Å². The number of hydrogen-bond acceptors (Lipinski definition) is 3. The quantitative estimate of drug-likeness (QED) is 0.160. The first kappa shape index (κ1) is 47.5. The number of hydrogen-bond donors (Lipinski definition) is 0. The lowest BCUT2D eigenvalue weighted by molar-refractivity contribution is 0.194. The minimum absolute atomic E-state index is 0.00516. The van der Waals surface area contributed by atoms with Gasteiger partial charge in [-0.1, -0.05) is 182 Å². The summed E-state index contributed by atoms with van der Waals surface area (Å²) in [6.45, 7) is 42.0. The van der Waals surface area contributed by atoms with Gasteiger partial charge in [0.2, 0.25) is 0 Å². The maximum atomic E-state index is 3.00. The Morgan fingerprint density at radius 2 is 1.00 bits per heavy atom. The molecule has 2 saturated carbocycles. The van der Waals surface area contributed by atoms with Gasteiger partial charge in [-0.05, 0) is 171 Å². The Balaban J connectivity index is 1.21. The third kappa shape index (κ3) is 5.91. The van der Waals surface area contributed by atoms with E-state index in [9.17, 15) is 0 Å². The van der Waals surface area contributed by atoms with Gasteiger partial charge in [0.05, 0.1) is 16.8 Å². The Morgan fingerprint density at radius 1 is 0.452 bits per heavy atom. The summed E-state index contributed by atoms with van der Waals surface area (Å²) in [5, 5.41) is 0. The van der Waals surface area contributed by atoms with Crippen molar-refractivity contribution < 1.29 is 0 Å². The number of nitrogens with zero attached hydrogens (tertiary/aromatic N) is 3. The molecular formula is C69H82BN3. The molecule has 0 amide bonds. The van der Waals surface area contributed by atoms with E-state index in [0.29, 0.717) is 0 Å². The molecule has 4 aliphatic heterocycles. The molecule has 0 radical (unpaired) electrons. The fourth-order valence-electron chi connectivity index (χ4n) is 16.8. The number of fused-ring (bicyclic) bond motifs is 14. The minimum Gasteiger partial charge on any atom is -0.335 e. The van der Waals surface area contributed by atoms with E-state index in [2.05, 4.69) is 223 Å². The first-order valence-electron chi connectivity index (χ1n) is 28.5. The van der Waals surface area contributed by atoms with Gasteiger partial charge < -0.3 is 14.7 Å². The van der Waals surface area contributed by atoms with Crippen LogP contribution < -0.4 is 31.1 Å². The monoisotopic (exact) mass is 964 g/mol. The van der Waals surface area contributed by atoms with Gasteiger partial charge in [-0.2, -0.15) is 0 Å². The summed E-state index contributed by atoms with van der Waals surface area (Å²) >= 11 is 0. The highest BCUT2D eigenvalue weighted by Crippen LogP contribution is 2.66. The van der Waals surface area contributed by atoms with Gasteiger partial charge in [0.1, 0.15) is 0 Å². The lowest BCUT2D eigenvalue weighted by Gasteiger charge is -2.54. The number of anilines is 7. The lowest BCUT2D eigenvalue weighted by Crippen LogP contribution is -2.65. The lowest BCUT2D eigenvalue weighted by atomic mass is 9.32. The molecule has 3 nitrogen and oxygen atoms in total. The molecule has 0 spiro atoms. The highest BCUT2D eigenvalue weighted by atomic mass is 15.3. The molecule has 6 aromatic rings. The zero-order valence-corrected chi connectivity index (χ0v) is 47.7. The molecule has 4 heterocycles. The van der Waals surface area contributed by atoms with Crippen molar-refractivity contribution >= 4 is 62.9 Å². The molecule has 0 N–H and O–H groups in total. The number of aryl methyl sites for hydroxylation is 2. The smallest absolute Gasteiger partial charge is 0.252 e. The van der Waals surface area contributed by atoms with Crippen molar-refractivity contribution in [2.24, 2.45) is 0 Å². The van der Waals surface area contributed by atoms with E-state index in [1.54, 1.807) is 11.1 Å². The molecule has 376 valence electrons.